The third kappa shape index (κ3) is 5.61. The molecule has 1 amide bonds. The van der Waals surface area contributed by atoms with Gasteiger partial charge in [-0.25, -0.2) is 14.2 Å². The van der Waals surface area contributed by atoms with Crippen LogP contribution in [0.1, 0.15) is 12.0 Å². The summed E-state index contributed by atoms with van der Waals surface area (Å²) in [4.78, 5) is 41.9. The summed E-state index contributed by atoms with van der Waals surface area (Å²) in [6, 6.07) is 2.82. The molecule has 0 radical (unpaired) electrons. The van der Waals surface area contributed by atoms with E-state index < -0.39 is 41.5 Å². The van der Waals surface area contributed by atoms with E-state index in [2.05, 4.69) is 15.0 Å². The largest absolute Gasteiger partial charge is 0.573 e. The van der Waals surface area contributed by atoms with Gasteiger partial charge in [-0.1, -0.05) is 12.2 Å². The molecule has 33 heavy (non-hydrogen) atoms. The molecule has 0 aliphatic rings. The van der Waals surface area contributed by atoms with E-state index in [0.29, 0.717) is 0 Å². The van der Waals surface area contributed by atoms with Gasteiger partial charge in [0.05, 0.1) is 17.7 Å². The number of nitrogen functional groups attached to an aromatic ring is 1. The van der Waals surface area contributed by atoms with Crippen LogP contribution < -0.4 is 27.0 Å². The Morgan fingerprint density at radius 2 is 2.06 bits per heavy atom. The lowest BCUT2D eigenvalue weighted by Gasteiger charge is -2.10. The highest BCUT2D eigenvalue weighted by Crippen LogP contribution is 2.32. The molecule has 3 rings (SSSR count). The quantitative estimate of drug-likeness (QED) is 0.268. The Morgan fingerprint density at radius 3 is 2.73 bits per heavy atom. The number of aromatic nitrogens is 3. The van der Waals surface area contributed by atoms with Crippen LogP contribution >= 0.6 is 23.6 Å². The number of halogens is 4. The second-order valence-corrected chi connectivity index (χ2v) is 7.81. The second kappa shape index (κ2) is 9.11. The second-order valence-electron chi connectivity index (χ2n) is 6.46. The van der Waals surface area contributed by atoms with Crippen LogP contribution in [0, 0.1) is 5.82 Å². The Morgan fingerprint density at radius 1 is 1.36 bits per heavy atom. The van der Waals surface area contributed by atoms with Crippen molar-refractivity contribution >= 4 is 45.3 Å². The number of nitrogens with two attached hydrogens (primary N) is 1. The first-order chi connectivity index (χ1) is 15.4. The van der Waals surface area contributed by atoms with Gasteiger partial charge in [0.25, 0.3) is 5.56 Å². The summed E-state index contributed by atoms with van der Waals surface area (Å²) in [5.41, 5.74) is 4.26. The smallest absolute Gasteiger partial charge is 0.403 e. The molecule has 0 saturated carbocycles. The van der Waals surface area contributed by atoms with Gasteiger partial charge in [-0.15, -0.1) is 24.5 Å². The first-order valence-corrected chi connectivity index (χ1v) is 10.1. The van der Waals surface area contributed by atoms with E-state index in [4.69, 9.17) is 18.0 Å². The molecule has 0 unspecified atom stereocenters. The number of rotatable bonds is 6. The molecule has 9 nitrogen and oxygen atoms in total. The lowest BCUT2D eigenvalue weighted by molar-refractivity contribution is -0.275. The van der Waals surface area contributed by atoms with Crippen molar-refractivity contribution in [3.63, 3.8) is 0 Å². The predicted octanol–water partition coefficient (Wildman–Crippen LogP) is 2.56. The number of nitrogens with one attached hydrogen (secondary N) is 2. The Hall–Kier alpha value is -3.59. The number of aromatic amines is 1. The van der Waals surface area contributed by atoms with Crippen molar-refractivity contribution in [1.29, 1.82) is 0 Å². The van der Waals surface area contributed by atoms with E-state index in [1.54, 1.807) is 0 Å². The summed E-state index contributed by atoms with van der Waals surface area (Å²) in [7, 11) is 1.32. The number of ether oxygens (including phenoxy) is 1. The molecule has 174 valence electrons. The fourth-order valence-electron chi connectivity index (χ4n) is 2.63. The Labute approximate surface area is 190 Å². The van der Waals surface area contributed by atoms with E-state index in [9.17, 15) is 31.9 Å². The van der Waals surface area contributed by atoms with Gasteiger partial charge in [0.1, 0.15) is 5.82 Å². The van der Waals surface area contributed by atoms with Crippen LogP contribution in [0.25, 0.3) is 11.3 Å². The fraction of sp³-hybridized carbons (Fsp3) is 0.167. The van der Waals surface area contributed by atoms with Gasteiger partial charge in [0.2, 0.25) is 5.91 Å². The number of amides is 1. The molecule has 3 aromatic rings. The summed E-state index contributed by atoms with van der Waals surface area (Å²) in [5, 5.41) is 3.93. The molecular formula is C18H13F4N5O4S2. The van der Waals surface area contributed by atoms with Crippen LogP contribution in [0.4, 0.5) is 28.5 Å². The summed E-state index contributed by atoms with van der Waals surface area (Å²) in [6.07, 6.45) is -5.51. The van der Waals surface area contributed by atoms with Crippen LogP contribution in [0.3, 0.4) is 0 Å². The highest BCUT2D eigenvalue weighted by atomic mass is 32.1. The molecule has 0 aliphatic heterocycles. The molecule has 0 saturated heterocycles. The van der Waals surface area contributed by atoms with Crippen molar-refractivity contribution in [3.8, 4) is 17.0 Å². The molecule has 2 aromatic heterocycles. The number of H-pyrrole nitrogens is 1. The van der Waals surface area contributed by atoms with Gasteiger partial charge in [-0.05, 0) is 18.2 Å². The van der Waals surface area contributed by atoms with Crippen molar-refractivity contribution in [2.75, 3.05) is 11.1 Å². The minimum Gasteiger partial charge on any atom is -0.403 e. The van der Waals surface area contributed by atoms with Gasteiger partial charge in [0.15, 0.2) is 16.7 Å². The molecule has 0 aliphatic carbocycles. The Bertz CT molecular complexity index is 1360. The lowest BCUT2D eigenvalue weighted by Crippen LogP contribution is -2.35. The van der Waals surface area contributed by atoms with Gasteiger partial charge in [-0.3, -0.25) is 19.1 Å². The van der Waals surface area contributed by atoms with E-state index in [1.165, 1.54) is 18.5 Å². The molecule has 0 bridgehead atoms. The summed E-state index contributed by atoms with van der Waals surface area (Å²) >= 11 is 6.06. The third-order valence-corrected chi connectivity index (χ3v) is 5.28. The van der Waals surface area contributed by atoms with Crippen molar-refractivity contribution in [2.45, 2.75) is 12.8 Å². The van der Waals surface area contributed by atoms with Crippen molar-refractivity contribution in [1.82, 2.24) is 14.5 Å². The van der Waals surface area contributed by atoms with Crippen LogP contribution in [0.2, 0.25) is 0 Å². The Balaban J connectivity index is 1.74. The summed E-state index contributed by atoms with van der Waals surface area (Å²) in [6.45, 7) is 0. The predicted molar refractivity (Wildman–Crippen MR) is 116 cm³/mol. The normalized spacial score (nSPS) is 11.3. The van der Waals surface area contributed by atoms with E-state index in [-0.39, 0.29) is 32.6 Å². The number of carbonyl (C=O) groups is 1. The maximum absolute atomic E-state index is 13.6. The van der Waals surface area contributed by atoms with Crippen molar-refractivity contribution < 1.29 is 27.1 Å². The first kappa shape index (κ1) is 24.1. The van der Waals surface area contributed by atoms with Crippen LogP contribution in [-0.2, 0) is 11.8 Å². The van der Waals surface area contributed by atoms with E-state index in [0.717, 1.165) is 28.0 Å². The molecule has 0 fully saturated rings. The zero-order valence-corrected chi connectivity index (χ0v) is 18.1. The lowest BCUT2D eigenvalue weighted by atomic mass is 10.1. The van der Waals surface area contributed by atoms with Crippen LogP contribution in [-0.4, -0.2) is 31.7 Å². The zero-order valence-electron chi connectivity index (χ0n) is 16.4. The number of alkyl halides is 3. The van der Waals surface area contributed by atoms with Crippen LogP contribution in [0.5, 0.6) is 5.75 Å². The number of thiocarbonyl (C=S) groups is 1. The average Bonchev–Trinajstić information content (AvgIpc) is 3.15. The van der Waals surface area contributed by atoms with Crippen molar-refractivity contribution in [3.05, 3.63) is 55.8 Å². The maximum Gasteiger partial charge on any atom is 0.573 e. The third-order valence-electron chi connectivity index (χ3n) is 4.17. The van der Waals surface area contributed by atoms with Crippen molar-refractivity contribution in [2.24, 2.45) is 7.05 Å². The molecule has 2 heterocycles. The zero-order chi connectivity index (χ0) is 24.5. The Kier molecular flexibility index (Phi) is 6.64. The van der Waals surface area contributed by atoms with E-state index in [1.807, 2.05) is 4.98 Å². The fourth-order valence-corrected chi connectivity index (χ4v) is 3.70. The summed E-state index contributed by atoms with van der Waals surface area (Å²) in [5.74, 6) is -3.09. The molecule has 1 aromatic carbocycles. The topological polar surface area (TPSA) is 132 Å². The van der Waals surface area contributed by atoms with Crippen LogP contribution in [0.15, 0.2) is 33.2 Å². The molecule has 15 heteroatoms. The van der Waals surface area contributed by atoms with Gasteiger partial charge in [-0.2, -0.15) is 0 Å². The SMILES string of the molecule is Cn1c(N)c(C(=S)CC(=O)Nc2nc(-c3ccc(F)c(OC(F)(F)F)c3)cs2)c(=O)[nH]c1=O. The average molecular weight is 503 g/mol. The highest BCUT2D eigenvalue weighted by molar-refractivity contribution is 7.81. The van der Waals surface area contributed by atoms with Gasteiger partial charge in [0, 0.05) is 22.9 Å². The molecule has 0 atom stereocenters. The number of benzene rings is 1. The van der Waals surface area contributed by atoms with Gasteiger partial charge < -0.3 is 15.8 Å². The standard InChI is InChI=1S/C18H13F4N5O4S2/c1-27-14(23)13(15(29)26-17(27)30)11(32)5-12(28)25-16-24-9(6-33-16)7-2-3-8(19)10(4-7)31-18(20,21)22/h2-4,6H,5,23H2,1H3,(H,24,25,28)(H,26,29,30). The number of thiazole rings is 1. The number of carbonyl (C=O) groups excluding carboxylic acids is 1. The minimum atomic E-state index is -5.07. The van der Waals surface area contributed by atoms with Gasteiger partial charge >= 0.3 is 12.1 Å². The first-order valence-electron chi connectivity index (χ1n) is 8.78. The number of anilines is 2. The molecular weight excluding hydrogens is 490 g/mol. The monoisotopic (exact) mass is 503 g/mol. The minimum absolute atomic E-state index is 0.0720. The molecule has 0 spiro atoms. The number of hydrogen-bond donors (Lipinski definition) is 3. The highest BCUT2D eigenvalue weighted by Gasteiger charge is 2.32. The van der Waals surface area contributed by atoms with E-state index >= 15 is 0 Å². The molecule has 4 N–H and O–H groups in total. The number of nitrogens with zero attached hydrogens (tertiary/aromatic N) is 2. The maximum atomic E-state index is 13.6. The summed E-state index contributed by atoms with van der Waals surface area (Å²) < 4.78 is 55.4. The number of hydrogen-bond acceptors (Lipinski definition) is 8.